The van der Waals surface area contributed by atoms with Gasteiger partial charge in [0.2, 0.25) is 17.6 Å². The van der Waals surface area contributed by atoms with Crippen LogP contribution < -0.4 is 5.32 Å². The van der Waals surface area contributed by atoms with Crippen LogP contribution in [-0.4, -0.2) is 31.8 Å². The fourth-order valence-electron chi connectivity index (χ4n) is 3.13. The van der Waals surface area contributed by atoms with Crippen LogP contribution in [0, 0.1) is 0 Å². The second kappa shape index (κ2) is 9.03. The van der Waals surface area contributed by atoms with Gasteiger partial charge in [0.1, 0.15) is 5.52 Å². The van der Waals surface area contributed by atoms with Gasteiger partial charge in [-0.05, 0) is 35.9 Å². The molecule has 0 saturated carbocycles. The van der Waals surface area contributed by atoms with Crippen molar-refractivity contribution in [3.05, 3.63) is 84.5 Å². The summed E-state index contributed by atoms with van der Waals surface area (Å²) in [6, 6.07) is 18.7. The number of para-hydroxylation sites is 3. The van der Waals surface area contributed by atoms with Gasteiger partial charge in [0, 0.05) is 23.6 Å². The highest BCUT2D eigenvalue weighted by Gasteiger charge is 2.14. The largest absolute Gasteiger partial charge is 0.431 e. The maximum Gasteiger partial charge on any atom is 0.257 e. The van der Waals surface area contributed by atoms with Crippen LogP contribution in [0.5, 0.6) is 0 Å². The van der Waals surface area contributed by atoms with Crippen LogP contribution in [0.1, 0.15) is 11.5 Å². The van der Waals surface area contributed by atoms with E-state index in [1.54, 1.807) is 12.4 Å². The van der Waals surface area contributed by atoms with Gasteiger partial charge in [0.15, 0.2) is 5.58 Å². The van der Waals surface area contributed by atoms with Gasteiger partial charge in [-0.2, -0.15) is 4.98 Å². The molecule has 0 radical (unpaired) electrons. The average Bonchev–Trinajstić information content (AvgIpc) is 3.46. The number of anilines is 1. The van der Waals surface area contributed by atoms with Crippen molar-refractivity contribution < 1.29 is 13.7 Å². The van der Waals surface area contributed by atoms with Gasteiger partial charge in [-0.1, -0.05) is 47.3 Å². The molecular weight excluding hydrogens is 426 g/mol. The van der Waals surface area contributed by atoms with Crippen LogP contribution >= 0.6 is 11.8 Å². The summed E-state index contributed by atoms with van der Waals surface area (Å²) in [5.74, 6) is 0.971. The zero-order valence-corrected chi connectivity index (χ0v) is 17.6. The van der Waals surface area contributed by atoms with Crippen molar-refractivity contribution in [1.29, 1.82) is 0 Å². The molecular formula is C23H17N5O3S. The molecule has 0 saturated heterocycles. The molecule has 0 aliphatic rings. The van der Waals surface area contributed by atoms with E-state index in [0.717, 1.165) is 16.6 Å². The third kappa shape index (κ3) is 4.52. The van der Waals surface area contributed by atoms with Crippen LogP contribution in [0.15, 0.2) is 87.2 Å². The van der Waals surface area contributed by atoms with Crippen molar-refractivity contribution in [3.8, 4) is 11.4 Å². The summed E-state index contributed by atoms with van der Waals surface area (Å²) >= 11 is 1.25. The molecule has 0 aliphatic heterocycles. The average molecular weight is 443 g/mol. The van der Waals surface area contributed by atoms with E-state index in [4.69, 9.17) is 8.94 Å². The number of carbonyl (C=O) groups is 1. The molecule has 0 bridgehead atoms. The van der Waals surface area contributed by atoms with Gasteiger partial charge in [-0.3, -0.25) is 9.78 Å². The molecule has 0 unspecified atom stereocenters. The molecule has 32 heavy (non-hydrogen) atoms. The van der Waals surface area contributed by atoms with Crippen molar-refractivity contribution in [2.45, 2.75) is 11.6 Å². The van der Waals surface area contributed by atoms with Crippen molar-refractivity contribution in [2.24, 2.45) is 0 Å². The lowest BCUT2D eigenvalue weighted by Gasteiger charge is -2.09. The van der Waals surface area contributed by atoms with Gasteiger partial charge >= 0.3 is 0 Å². The molecule has 2 aromatic carbocycles. The lowest BCUT2D eigenvalue weighted by Crippen LogP contribution is -2.15. The van der Waals surface area contributed by atoms with E-state index in [0.29, 0.717) is 34.6 Å². The Labute approximate surface area is 187 Å². The number of nitrogens with one attached hydrogen (secondary N) is 1. The highest BCUT2D eigenvalue weighted by molar-refractivity contribution is 7.99. The third-order valence-corrected chi connectivity index (χ3v) is 5.47. The molecule has 5 rings (SSSR count). The first-order valence-electron chi connectivity index (χ1n) is 9.84. The number of pyridine rings is 1. The maximum absolute atomic E-state index is 12.5. The molecule has 0 fully saturated rings. The molecule has 158 valence electrons. The Morgan fingerprint density at radius 2 is 1.78 bits per heavy atom. The number of aromatic nitrogens is 4. The first-order chi connectivity index (χ1) is 15.7. The van der Waals surface area contributed by atoms with E-state index in [-0.39, 0.29) is 11.7 Å². The Bertz CT molecular complexity index is 1330. The fourth-order valence-corrected chi connectivity index (χ4v) is 3.77. The Kier molecular flexibility index (Phi) is 5.63. The van der Waals surface area contributed by atoms with Crippen LogP contribution in [0.3, 0.4) is 0 Å². The summed E-state index contributed by atoms with van der Waals surface area (Å²) in [6.07, 6.45) is 3.75. The molecule has 3 heterocycles. The fraction of sp³-hybridized carbons (Fsp3) is 0.0870. The number of thioether (sulfide) groups is 1. The number of carbonyl (C=O) groups excluding carboxylic acids is 1. The molecule has 9 heteroatoms. The standard InChI is InChI=1S/C23H17N5O3S/c29-20(14-32-23-26-18-7-3-4-8-19(18)30-23)25-17-6-2-1-5-16(17)13-21-27-22(28-31-21)15-9-11-24-12-10-15/h1-12H,13-14H2,(H,25,29). The lowest BCUT2D eigenvalue weighted by molar-refractivity contribution is -0.113. The summed E-state index contributed by atoms with van der Waals surface area (Å²) in [5.41, 5.74) is 3.86. The minimum absolute atomic E-state index is 0.160. The number of benzene rings is 2. The third-order valence-electron chi connectivity index (χ3n) is 4.64. The number of amides is 1. The van der Waals surface area contributed by atoms with E-state index in [1.807, 2.05) is 60.7 Å². The predicted octanol–water partition coefficient (Wildman–Crippen LogP) is 4.59. The second-order valence-electron chi connectivity index (χ2n) is 6.87. The second-order valence-corrected chi connectivity index (χ2v) is 7.79. The van der Waals surface area contributed by atoms with Crippen molar-refractivity contribution >= 4 is 34.5 Å². The maximum atomic E-state index is 12.5. The number of oxazole rings is 1. The van der Waals surface area contributed by atoms with E-state index in [2.05, 4.69) is 25.4 Å². The molecule has 5 aromatic rings. The predicted molar refractivity (Wildman–Crippen MR) is 120 cm³/mol. The zero-order valence-electron chi connectivity index (χ0n) is 16.8. The Morgan fingerprint density at radius 3 is 2.66 bits per heavy atom. The highest BCUT2D eigenvalue weighted by atomic mass is 32.2. The molecule has 0 spiro atoms. The van der Waals surface area contributed by atoms with E-state index >= 15 is 0 Å². The monoisotopic (exact) mass is 443 g/mol. The molecule has 8 nitrogen and oxygen atoms in total. The smallest absolute Gasteiger partial charge is 0.257 e. The minimum atomic E-state index is -0.160. The highest BCUT2D eigenvalue weighted by Crippen LogP contribution is 2.24. The number of nitrogens with zero attached hydrogens (tertiary/aromatic N) is 4. The van der Waals surface area contributed by atoms with Gasteiger partial charge < -0.3 is 14.3 Å². The molecule has 1 amide bonds. The van der Waals surface area contributed by atoms with E-state index < -0.39 is 0 Å². The number of hydrogen-bond acceptors (Lipinski definition) is 8. The minimum Gasteiger partial charge on any atom is -0.431 e. The van der Waals surface area contributed by atoms with Gasteiger partial charge in [0.25, 0.3) is 5.22 Å². The molecule has 1 N–H and O–H groups in total. The first kappa shape index (κ1) is 20.0. The summed E-state index contributed by atoms with van der Waals surface area (Å²) in [4.78, 5) is 25.4. The number of rotatable bonds is 7. The Hall–Kier alpha value is -3.98. The summed E-state index contributed by atoms with van der Waals surface area (Å²) in [5, 5.41) is 7.44. The SMILES string of the molecule is O=C(CSc1nc2ccccc2o1)Nc1ccccc1Cc1nc(-c2ccncc2)no1. The van der Waals surface area contributed by atoms with E-state index in [9.17, 15) is 4.79 Å². The normalized spacial score (nSPS) is 11.0. The number of hydrogen-bond donors (Lipinski definition) is 1. The first-order valence-corrected chi connectivity index (χ1v) is 10.8. The quantitative estimate of drug-likeness (QED) is 0.364. The summed E-state index contributed by atoms with van der Waals surface area (Å²) < 4.78 is 11.0. The van der Waals surface area contributed by atoms with Crippen LogP contribution in [0.2, 0.25) is 0 Å². The molecule has 0 atom stereocenters. The van der Waals surface area contributed by atoms with Gasteiger partial charge in [-0.15, -0.1) is 0 Å². The summed E-state index contributed by atoms with van der Waals surface area (Å²) in [7, 11) is 0. The topological polar surface area (TPSA) is 107 Å². The van der Waals surface area contributed by atoms with Gasteiger partial charge in [-0.25, -0.2) is 4.98 Å². The van der Waals surface area contributed by atoms with Crippen molar-refractivity contribution in [2.75, 3.05) is 11.1 Å². The zero-order chi connectivity index (χ0) is 21.8. The van der Waals surface area contributed by atoms with Crippen LogP contribution in [0.4, 0.5) is 5.69 Å². The van der Waals surface area contributed by atoms with Crippen molar-refractivity contribution in [3.63, 3.8) is 0 Å². The lowest BCUT2D eigenvalue weighted by atomic mass is 10.1. The van der Waals surface area contributed by atoms with Crippen LogP contribution in [-0.2, 0) is 11.2 Å². The molecule has 3 aromatic heterocycles. The van der Waals surface area contributed by atoms with Crippen LogP contribution in [0.25, 0.3) is 22.5 Å². The summed E-state index contributed by atoms with van der Waals surface area (Å²) in [6.45, 7) is 0. The Balaban J connectivity index is 1.24. The Morgan fingerprint density at radius 1 is 0.969 bits per heavy atom. The van der Waals surface area contributed by atoms with Crippen molar-refractivity contribution in [1.82, 2.24) is 20.1 Å². The van der Waals surface area contributed by atoms with Gasteiger partial charge in [0.05, 0.1) is 12.2 Å². The van der Waals surface area contributed by atoms with E-state index in [1.165, 1.54) is 11.8 Å². The molecule has 0 aliphatic carbocycles. The number of fused-ring (bicyclic) bond motifs is 1.